The van der Waals surface area contributed by atoms with Gasteiger partial charge in [0, 0.05) is 49.9 Å². The first-order valence-electron chi connectivity index (χ1n) is 12.4. The number of benzene rings is 1. The number of nitrogens with zero attached hydrogens (tertiary/aromatic N) is 3. The van der Waals surface area contributed by atoms with E-state index in [1.54, 1.807) is 0 Å². The van der Waals surface area contributed by atoms with E-state index in [4.69, 9.17) is 11.6 Å². The van der Waals surface area contributed by atoms with Crippen LogP contribution in [0.2, 0.25) is 5.02 Å². The molecule has 0 heterocycles. The highest BCUT2D eigenvalue weighted by Crippen LogP contribution is 2.70. The molecule has 0 aromatic heterocycles. The lowest BCUT2D eigenvalue weighted by atomic mass is 10.2. The van der Waals surface area contributed by atoms with E-state index < -0.39 is 7.71 Å². The smallest absolute Gasteiger partial charge is 0.231 e. The van der Waals surface area contributed by atoms with Crippen LogP contribution in [0.5, 0.6) is 0 Å². The second kappa shape index (κ2) is 17.7. The van der Waals surface area contributed by atoms with Crippen molar-refractivity contribution in [3.05, 3.63) is 34.9 Å². The molecule has 0 amide bonds. The van der Waals surface area contributed by atoms with Crippen molar-refractivity contribution in [2.24, 2.45) is 0 Å². The van der Waals surface area contributed by atoms with Gasteiger partial charge in [0.2, 0.25) is 7.71 Å². The summed E-state index contributed by atoms with van der Waals surface area (Å²) in [6, 6.07) is 8.56. The average molecular weight is 537 g/mol. The molecule has 0 radical (unpaired) electrons. The van der Waals surface area contributed by atoms with Crippen molar-refractivity contribution in [1.29, 1.82) is 0 Å². The van der Waals surface area contributed by atoms with E-state index in [-0.39, 0.29) is 17.0 Å². The quantitative estimate of drug-likeness (QED) is 0.260. The topological polar surface area (TPSA) is 9.72 Å². The molecule has 0 aliphatic rings. The normalized spacial score (nSPS) is 12.1. The van der Waals surface area contributed by atoms with E-state index in [9.17, 15) is 0 Å². The molecule has 0 aliphatic carbocycles. The molecule has 0 aliphatic heterocycles. The minimum absolute atomic E-state index is 0. The molecule has 3 nitrogen and oxygen atoms in total. The first-order valence-corrected chi connectivity index (χ1v) is 14.6. The van der Waals surface area contributed by atoms with Crippen LogP contribution >= 0.6 is 19.3 Å². The second-order valence-corrected chi connectivity index (χ2v) is 12.1. The molecular weight excluding hydrogens is 489 g/mol. The molecular formula is C25H48BrClN3P. The van der Waals surface area contributed by atoms with Crippen molar-refractivity contribution < 1.29 is 17.0 Å². The van der Waals surface area contributed by atoms with Gasteiger partial charge in [-0.25, -0.2) is 0 Å². The monoisotopic (exact) mass is 535 g/mol. The van der Waals surface area contributed by atoms with E-state index in [1.165, 1.54) is 83.4 Å². The fourth-order valence-electron chi connectivity index (χ4n) is 4.54. The summed E-state index contributed by atoms with van der Waals surface area (Å²) < 4.78 is 8.69. The van der Waals surface area contributed by atoms with Gasteiger partial charge in [-0.05, 0) is 44.6 Å². The van der Waals surface area contributed by atoms with Crippen LogP contribution in [-0.2, 0) is 6.16 Å². The maximum atomic E-state index is 6.77. The molecule has 6 heteroatoms. The van der Waals surface area contributed by atoms with Crippen LogP contribution < -0.4 is 17.0 Å². The Morgan fingerprint density at radius 2 is 0.935 bits per heavy atom. The van der Waals surface area contributed by atoms with Gasteiger partial charge in [-0.15, -0.1) is 14.0 Å². The molecule has 0 spiro atoms. The van der Waals surface area contributed by atoms with Gasteiger partial charge in [-0.1, -0.05) is 71.3 Å². The van der Waals surface area contributed by atoms with E-state index in [2.05, 4.69) is 79.8 Å². The predicted molar refractivity (Wildman–Crippen MR) is 139 cm³/mol. The van der Waals surface area contributed by atoms with Crippen LogP contribution in [0.1, 0.15) is 85.6 Å². The van der Waals surface area contributed by atoms with Crippen LogP contribution in [0.15, 0.2) is 24.3 Å². The lowest BCUT2D eigenvalue weighted by molar-refractivity contribution is -0.00000685. The van der Waals surface area contributed by atoms with Crippen molar-refractivity contribution >= 4 is 19.3 Å². The molecule has 1 aromatic rings. The maximum Gasteiger partial charge on any atom is 0.231 e. The molecule has 0 saturated heterocycles. The summed E-state index contributed by atoms with van der Waals surface area (Å²) in [6.45, 7) is 21.0. The summed E-state index contributed by atoms with van der Waals surface area (Å²) in [5.74, 6) is 0. The highest BCUT2D eigenvalue weighted by molar-refractivity contribution is 7.68. The standard InChI is InChI=1S/C25H48ClN3P.BrH/c1-7-17-27(18-8-2)30(28(19-9-3)20-10-4,29(21-11-5)22-12-6)23-24-15-13-14-16-25(24)26;/h13-16H,7-12,17-23H2,1-6H3;1H/q+1;/p-1. The van der Waals surface area contributed by atoms with Gasteiger partial charge in [0.1, 0.15) is 6.16 Å². The van der Waals surface area contributed by atoms with Crippen LogP contribution in [0.3, 0.4) is 0 Å². The summed E-state index contributed by atoms with van der Waals surface area (Å²) in [4.78, 5) is 0. The Morgan fingerprint density at radius 3 is 1.23 bits per heavy atom. The fraction of sp³-hybridized carbons (Fsp3) is 0.760. The summed E-state index contributed by atoms with van der Waals surface area (Å²) in [6.07, 6.45) is 8.24. The molecule has 0 fully saturated rings. The van der Waals surface area contributed by atoms with E-state index in [0.717, 1.165) is 11.2 Å². The zero-order valence-electron chi connectivity index (χ0n) is 21.0. The Balaban J connectivity index is 0.00000900. The number of halogens is 2. The molecule has 0 atom stereocenters. The zero-order chi connectivity index (χ0) is 22.4. The van der Waals surface area contributed by atoms with Gasteiger partial charge in [0.25, 0.3) is 0 Å². The van der Waals surface area contributed by atoms with Gasteiger partial charge >= 0.3 is 0 Å². The zero-order valence-corrected chi connectivity index (χ0v) is 24.3. The number of hydrogen-bond donors (Lipinski definition) is 0. The third kappa shape index (κ3) is 8.87. The first-order chi connectivity index (χ1) is 14.5. The van der Waals surface area contributed by atoms with Gasteiger partial charge in [-0.2, -0.15) is 0 Å². The predicted octanol–water partition coefficient (Wildman–Crippen LogP) is 4.97. The van der Waals surface area contributed by atoms with Crippen LogP contribution in [0.4, 0.5) is 0 Å². The minimum Gasteiger partial charge on any atom is -1.00 e. The molecule has 0 bridgehead atoms. The first kappa shape index (κ1) is 31.3. The van der Waals surface area contributed by atoms with E-state index in [0.29, 0.717) is 0 Å². The largest absolute Gasteiger partial charge is 1.00 e. The van der Waals surface area contributed by atoms with E-state index in [1.807, 2.05) is 0 Å². The van der Waals surface area contributed by atoms with Crippen molar-refractivity contribution in [3.63, 3.8) is 0 Å². The van der Waals surface area contributed by atoms with Crippen LogP contribution in [-0.4, -0.2) is 53.3 Å². The molecule has 0 unspecified atom stereocenters. The molecule has 0 saturated carbocycles. The van der Waals surface area contributed by atoms with Crippen LogP contribution in [0, 0.1) is 0 Å². The Morgan fingerprint density at radius 1 is 0.613 bits per heavy atom. The lowest BCUT2D eigenvalue weighted by Crippen LogP contribution is -3.00. The van der Waals surface area contributed by atoms with Gasteiger partial charge < -0.3 is 17.0 Å². The van der Waals surface area contributed by atoms with E-state index >= 15 is 0 Å². The van der Waals surface area contributed by atoms with Crippen molar-refractivity contribution in [2.75, 3.05) is 39.3 Å². The Hall–Kier alpha value is 0.300. The summed E-state index contributed by atoms with van der Waals surface area (Å²) in [7, 11) is -1.76. The van der Waals surface area contributed by atoms with Crippen LogP contribution in [0.25, 0.3) is 0 Å². The minimum atomic E-state index is -1.76. The summed E-state index contributed by atoms with van der Waals surface area (Å²) >= 11 is 6.77. The Bertz CT molecular complexity index is 517. The fourth-order valence-corrected chi connectivity index (χ4v) is 10.4. The van der Waals surface area contributed by atoms with Crippen molar-refractivity contribution in [1.82, 2.24) is 14.0 Å². The van der Waals surface area contributed by atoms with Crippen molar-refractivity contribution in [3.8, 4) is 0 Å². The molecule has 0 N–H and O–H groups in total. The molecule has 1 rings (SSSR count). The maximum absolute atomic E-state index is 6.77. The SMILES string of the molecule is CCCN(CCC)[P+](Cc1ccccc1Cl)(N(CCC)CCC)N(CCC)CCC.[Br-]. The third-order valence-corrected chi connectivity index (χ3v) is 10.6. The number of rotatable bonds is 17. The van der Waals surface area contributed by atoms with Gasteiger partial charge in [-0.3, -0.25) is 0 Å². The molecule has 31 heavy (non-hydrogen) atoms. The second-order valence-electron chi connectivity index (χ2n) is 8.30. The average Bonchev–Trinajstić information content (AvgIpc) is 2.73. The van der Waals surface area contributed by atoms with Crippen molar-refractivity contribution in [2.45, 2.75) is 86.2 Å². The highest BCUT2D eigenvalue weighted by atomic mass is 79.9. The summed E-state index contributed by atoms with van der Waals surface area (Å²) in [5, 5.41) is 0.927. The number of hydrogen-bond acceptors (Lipinski definition) is 3. The third-order valence-electron chi connectivity index (χ3n) is 5.59. The van der Waals surface area contributed by atoms with Gasteiger partial charge in [0.05, 0.1) is 0 Å². The highest BCUT2D eigenvalue weighted by Gasteiger charge is 2.55. The lowest BCUT2D eigenvalue weighted by Gasteiger charge is -2.48. The molecule has 1 aromatic carbocycles. The molecule has 182 valence electrons. The summed E-state index contributed by atoms with van der Waals surface area (Å²) in [5.41, 5.74) is 1.32. The van der Waals surface area contributed by atoms with Gasteiger partial charge in [0.15, 0.2) is 0 Å². The Labute approximate surface area is 210 Å². The Kier molecular flexibility index (Phi) is 17.9.